The number of aromatic nitrogens is 5. The Balaban J connectivity index is 1.76. The van der Waals surface area contributed by atoms with Crippen molar-refractivity contribution < 1.29 is 30.4 Å². The van der Waals surface area contributed by atoms with E-state index in [0.717, 1.165) is 29.1 Å². The van der Waals surface area contributed by atoms with Gasteiger partial charge >= 0.3 is 6.18 Å². The molecule has 4 aromatic rings. The van der Waals surface area contributed by atoms with E-state index in [0.29, 0.717) is 0 Å². The molecule has 4 rings (SSSR count). The van der Waals surface area contributed by atoms with Gasteiger partial charge in [0.1, 0.15) is 5.82 Å². The normalized spacial score (nSPS) is 13.1. The maximum atomic E-state index is 13.7. The van der Waals surface area contributed by atoms with Crippen molar-refractivity contribution in [2.24, 2.45) is 0 Å². The highest BCUT2D eigenvalue weighted by molar-refractivity contribution is 7.93. The number of rotatable bonds is 7. The zero-order valence-electron chi connectivity index (χ0n) is 17.4. The number of benzene rings is 1. The standard InChI is InChI=1S/C20H16F4N6O3S/c1-12(9-17-25-10-13(21)11-26-17)34(31,32)29-19-28-27-18(16-7-4-8-33-16)30(19)15-6-3-2-5-14(15)20(22,23)24/h2-8,10-12H,9H2,1H3,(H,28,29)/t12-/m0/s1. The van der Waals surface area contributed by atoms with Crippen LogP contribution in [-0.2, 0) is 22.6 Å². The van der Waals surface area contributed by atoms with E-state index in [1.165, 1.54) is 37.5 Å². The molecule has 1 atom stereocenters. The lowest BCUT2D eigenvalue weighted by molar-refractivity contribution is -0.137. The molecule has 0 unspecified atom stereocenters. The quantitative estimate of drug-likeness (QED) is 0.387. The van der Waals surface area contributed by atoms with Crippen LogP contribution in [0.1, 0.15) is 18.3 Å². The molecule has 34 heavy (non-hydrogen) atoms. The Morgan fingerprint density at radius 1 is 1.09 bits per heavy atom. The Labute approximate surface area is 190 Å². The SMILES string of the molecule is C[C@@H](Cc1ncc(F)cn1)S(=O)(=O)Nc1nnc(-c2ccco2)n1-c1ccccc1C(F)(F)F. The lowest BCUT2D eigenvalue weighted by atomic mass is 10.1. The minimum atomic E-state index is -4.75. The molecule has 0 amide bonds. The summed E-state index contributed by atoms with van der Waals surface area (Å²) in [6.45, 7) is 1.34. The summed E-state index contributed by atoms with van der Waals surface area (Å²) in [5.41, 5.74) is -1.44. The van der Waals surface area contributed by atoms with Crippen LogP contribution in [0.25, 0.3) is 17.3 Å². The summed E-state index contributed by atoms with van der Waals surface area (Å²) >= 11 is 0. The average Bonchev–Trinajstić information content (AvgIpc) is 3.44. The van der Waals surface area contributed by atoms with Crippen molar-refractivity contribution in [2.45, 2.75) is 24.8 Å². The fraction of sp³-hybridized carbons (Fsp3) is 0.200. The second kappa shape index (κ2) is 8.85. The third-order valence-corrected chi connectivity index (χ3v) is 6.46. The lowest BCUT2D eigenvalue weighted by Crippen LogP contribution is -2.29. The number of hydrogen-bond donors (Lipinski definition) is 1. The first-order valence-corrected chi connectivity index (χ1v) is 11.2. The number of nitrogens with one attached hydrogen (secondary N) is 1. The molecule has 0 bridgehead atoms. The van der Waals surface area contributed by atoms with E-state index in [1.807, 2.05) is 0 Å². The Morgan fingerprint density at radius 2 is 1.79 bits per heavy atom. The number of furan rings is 1. The van der Waals surface area contributed by atoms with E-state index in [2.05, 4.69) is 24.9 Å². The van der Waals surface area contributed by atoms with Crippen molar-refractivity contribution in [1.29, 1.82) is 0 Å². The van der Waals surface area contributed by atoms with E-state index >= 15 is 0 Å². The van der Waals surface area contributed by atoms with Crippen LogP contribution < -0.4 is 4.72 Å². The second-order valence-corrected chi connectivity index (χ2v) is 9.25. The second-order valence-electron chi connectivity index (χ2n) is 7.15. The van der Waals surface area contributed by atoms with E-state index < -0.39 is 44.5 Å². The molecular weight excluding hydrogens is 480 g/mol. The molecule has 1 N–H and O–H groups in total. The van der Waals surface area contributed by atoms with Crippen molar-refractivity contribution in [2.75, 3.05) is 4.72 Å². The highest BCUT2D eigenvalue weighted by Crippen LogP contribution is 2.37. The van der Waals surface area contributed by atoms with Gasteiger partial charge in [-0.1, -0.05) is 12.1 Å². The van der Waals surface area contributed by atoms with Crippen LogP contribution in [0.2, 0.25) is 0 Å². The van der Waals surface area contributed by atoms with Gasteiger partial charge in [-0.3, -0.25) is 9.29 Å². The third kappa shape index (κ3) is 4.76. The van der Waals surface area contributed by atoms with E-state index in [4.69, 9.17) is 4.42 Å². The summed E-state index contributed by atoms with van der Waals surface area (Å²) in [4.78, 5) is 7.46. The van der Waals surface area contributed by atoms with Gasteiger partial charge in [0.25, 0.3) is 0 Å². The van der Waals surface area contributed by atoms with Gasteiger partial charge in [-0.2, -0.15) is 13.2 Å². The maximum Gasteiger partial charge on any atom is 0.418 e. The van der Waals surface area contributed by atoms with Gasteiger partial charge in [-0.15, -0.1) is 10.2 Å². The molecule has 0 aliphatic rings. The monoisotopic (exact) mass is 496 g/mol. The molecule has 3 aromatic heterocycles. The van der Waals surface area contributed by atoms with Crippen LogP contribution in [0, 0.1) is 5.82 Å². The highest BCUT2D eigenvalue weighted by Gasteiger charge is 2.36. The first-order chi connectivity index (χ1) is 16.1. The largest absolute Gasteiger partial charge is 0.461 e. The van der Waals surface area contributed by atoms with Crippen molar-refractivity contribution in [1.82, 2.24) is 24.7 Å². The zero-order chi connectivity index (χ0) is 24.5. The van der Waals surface area contributed by atoms with Crippen LogP contribution in [-0.4, -0.2) is 38.4 Å². The summed E-state index contributed by atoms with van der Waals surface area (Å²) in [7, 11) is -4.21. The van der Waals surface area contributed by atoms with Gasteiger partial charge in [0.2, 0.25) is 21.8 Å². The maximum absolute atomic E-state index is 13.7. The number of halogens is 4. The smallest absolute Gasteiger partial charge is 0.418 e. The summed E-state index contributed by atoms with van der Waals surface area (Å²) in [5, 5.41) is 6.48. The molecule has 0 radical (unpaired) electrons. The van der Waals surface area contributed by atoms with Crippen molar-refractivity contribution >= 4 is 16.0 Å². The van der Waals surface area contributed by atoms with Crippen LogP contribution in [0.5, 0.6) is 0 Å². The molecule has 1 aromatic carbocycles. The fourth-order valence-corrected chi connectivity index (χ4v) is 4.05. The van der Waals surface area contributed by atoms with Crippen LogP contribution in [0.3, 0.4) is 0 Å². The Morgan fingerprint density at radius 3 is 2.44 bits per heavy atom. The van der Waals surface area contributed by atoms with Crippen LogP contribution >= 0.6 is 0 Å². The van der Waals surface area contributed by atoms with Crippen LogP contribution in [0.15, 0.2) is 59.5 Å². The van der Waals surface area contributed by atoms with E-state index in [-0.39, 0.29) is 23.8 Å². The number of sulfonamides is 1. The van der Waals surface area contributed by atoms with Gasteiger partial charge < -0.3 is 4.42 Å². The molecule has 0 aliphatic heterocycles. The van der Waals surface area contributed by atoms with Gasteiger partial charge in [0, 0.05) is 6.42 Å². The van der Waals surface area contributed by atoms with Gasteiger partial charge in [-0.25, -0.2) is 22.8 Å². The van der Waals surface area contributed by atoms with Crippen molar-refractivity contribution in [3.63, 3.8) is 0 Å². The first-order valence-electron chi connectivity index (χ1n) is 9.70. The molecule has 14 heteroatoms. The molecule has 0 spiro atoms. The number of anilines is 1. The molecule has 0 aliphatic carbocycles. The minimum absolute atomic E-state index is 0.0689. The zero-order valence-corrected chi connectivity index (χ0v) is 18.2. The minimum Gasteiger partial charge on any atom is -0.461 e. The van der Waals surface area contributed by atoms with Crippen molar-refractivity contribution in [3.05, 3.63) is 72.3 Å². The topological polar surface area (TPSA) is 116 Å². The number of hydrogen-bond acceptors (Lipinski definition) is 7. The fourth-order valence-electron chi connectivity index (χ4n) is 3.09. The summed E-state index contributed by atoms with van der Waals surface area (Å²) in [5.74, 6) is -1.16. The van der Waals surface area contributed by atoms with Crippen LogP contribution in [0.4, 0.5) is 23.5 Å². The number of para-hydroxylation sites is 1. The summed E-state index contributed by atoms with van der Waals surface area (Å²) in [6.07, 6.45) is -1.85. The Hall–Kier alpha value is -3.81. The third-order valence-electron chi connectivity index (χ3n) is 4.76. The van der Waals surface area contributed by atoms with Crippen molar-refractivity contribution in [3.8, 4) is 17.3 Å². The molecule has 178 valence electrons. The molecule has 0 saturated heterocycles. The highest BCUT2D eigenvalue weighted by atomic mass is 32.2. The van der Waals surface area contributed by atoms with Gasteiger partial charge in [0.05, 0.1) is 35.2 Å². The Bertz CT molecular complexity index is 1390. The number of alkyl halides is 3. The van der Waals surface area contributed by atoms with Gasteiger partial charge in [0.15, 0.2) is 11.6 Å². The molecule has 3 heterocycles. The summed E-state index contributed by atoms with van der Waals surface area (Å²) < 4.78 is 88.5. The number of nitrogens with zero attached hydrogens (tertiary/aromatic N) is 5. The van der Waals surface area contributed by atoms with E-state index in [9.17, 15) is 26.0 Å². The Kier molecular flexibility index (Phi) is 6.08. The molecular formula is C20H16F4N6O3S. The molecule has 0 fully saturated rings. The van der Waals surface area contributed by atoms with E-state index in [1.54, 1.807) is 0 Å². The molecule has 9 nitrogen and oxygen atoms in total. The summed E-state index contributed by atoms with van der Waals surface area (Å²) in [6, 6.07) is 7.53. The lowest BCUT2D eigenvalue weighted by Gasteiger charge is -2.18. The molecule has 0 saturated carbocycles. The predicted molar refractivity (Wildman–Crippen MR) is 112 cm³/mol. The predicted octanol–water partition coefficient (Wildman–Crippen LogP) is 3.85. The van der Waals surface area contributed by atoms with Gasteiger partial charge in [-0.05, 0) is 31.2 Å². The average molecular weight is 496 g/mol. The first kappa shape index (κ1) is 23.4.